The molecule has 0 unspecified atom stereocenters. The smallest absolute Gasteiger partial charge is 0.278 e. The van der Waals surface area contributed by atoms with E-state index < -0.39 is 0 Å². The van der Waals surface area contributed by atoms with Gasteiger partial charge in [-0.1, -0.05) is 18.7 Å². The maximum Gasteiger partial charge on any atom is 0.278 e. The number of aromatic nitrogens is 3. The van der Waals surface area contributed by atoms with Crippen molar-refractivity contribution >= 4 is 11.8 Å². The lowest BCUT2D eigenvalue weighted by molar-refractivity contribution is 0.317. The van der Waals surface area contributed by atoms with Crippen molar-refractivity contribution in [1.82, 2.24) is 15.2 Å². The summed E-state index contributed by atoms with van der Waals surface area (Å²) in [6.07, 6.45) is 2.79. The zero-order valence-corrected chi connectivity index (χ0v) is 11.7. The topological polar surface area (TPSA) is 67.9 Å². The molecule has 0 bridgehead atoms. The fourth-order valence-corrected chi connectivity index (χ4v) is 1.85. The van der Waals surface area contributed by atoms with Gasteiger partial charge in [-0.2, -0.15) is 0 Å². The van der Waals surface area contributed by atoms with Crippen molar-refractivity contribution in [2.24, 2.45) is 0 Å². The van der Waals surface area contributed by atoms with Gasteiger partial charge in [-0.3, -0.25) is 9.78 Å². The van der Waals surface area contributed by atoms with E-state index in [1.807, 2.05) is 30.5 Å². The van der Waals surface area contributed by atoms with E-state index in [1.54, 1.807) is 0 Å². The first-order valence-corrected chi connectivity index (χ1v) is 7.21. The Balaban J connectivity index is 2.24. The second-order valence-electron chi connectivity index (χ2n) is 3.88. The van der Waals surface area contributed by atoms with Crippen molar-refractivity contribution < 1.29 is 4.74 Å². The Morgan fingerprint density at radius 1 is 1.26 bits per heavy atom. The van der Waals surface area contributed by atoms with Gasteiger partial charge in [-0.15, -0.1) is 10.2 Å². The van der Waals surface area contributed by atoms with Crippen LogP contribution in [0.1, 0.15) is 13.3 Å². The minimum atomic E-state index is -0.235. The summed E-state index contributed by atoms with van der Waals surface area (Å²) in [5.41, 5.74) is 0.812. The lowest BCUT2D eigenvalue weighted by atomic mass is 10.1. The Bertz CT molecular complexity index is 596. The monoisotopic (exact) mass is 277 g/mol. The fourth-order valence-electron chi connectivity index (χ4n) is 1.53. The van der Waals surface area contributed by atoms with Crippen molar-refractivity contribution in [2.75, 3.05) is 12.9 Å². The van der Waals surface area contributed by atoms with Crippen LogP contribution in [0.4, 0.5) is 0 Å². The van der Waals surface area contributed by atoms with Gasteiger partial charge < -0.3 is 4.74 Å². The molecule has 0 aliphatic heterocycles. The highest BCUT2D eigenvalue weighted by Gasteiger charge is 2.07. The first kappa shape index (κ1) is 13.6. The molecule has 1 heterocycles. The molecule has 0 atom stereocenters. The number of rotatable bonds is 5. The summed E-state index contributed by atoms with van der Waals surface area (Å²) in [6, 6.07) is 7.27. The van der Waals surface area contributed by atoms with Crippen molar-refractivity contribution in [2.45, 2.75) is 18.5 Å². The summed E-state index contributed by atoms with van der Waals surface area (Å²) in [4.78, 5) is 14.5. The number of hydrogen-bond acceptors (Lipinski definition) is 5. The standard InChI is InChI=1S/C13H15N3O2S/c1-3-8-18-10-6-4-9(5-7-10)11-12(17)14-13(19-2)16-15-11/h4-7H,3,8H2,1-2H3,(H,14,16,17). The molecule has 1 aromatic heterocycles. The second kappa shape index (κ2) is 6.38. The normalized spacial score (nSPS) is 10.4. The molecule has 19 heavy (non-hydrogen) atoms. The Morgan fingerprint density at radius 2 is 2.00 bits per heavy atom. The molecule has 0 saturated heterocycles. The van der Waals surface area contributed by atoms with Gasteiger partial charge in [0.25, 0.3) is 5.56 Å². The molecule has 1 aromatic carbocycles. The van der Waals surface area contributed by atoms with Crippen molar-refractivity contribution in [1.29, 1.82) is 0 Å². The summed E-state index contributed by atoms with van der Waals surface area (Å²) >= 11 is 1.35. The third-order valence-electron chi connectivity index (χ3n) is 2.47. The van der Waals surface area contributed by atoms with E-state index in [2.05, 4.69) is 22.1 Å². The number of nitrogens with zero attached hydrogens (tertiary/aromatic N) is 2. The van der Waals surface area contributed by atoms with E-state index >= 15 is 0 Å². The Labute approximate surface area is 115 Å². The summed E-state index contributed by atoms with van der Waals surface area (Å²) in [7, 11) is 0. The Morgan fingerprint density at radius 3 is 2.58 bits per heavy atom. The van der Waals surface area contributed by atoms with Gasteiger partial charge in [0, 0.05) is 5.56 Å². The van der Waals surface area contributed by atoms with Crippen LogP contribution in [0, 0.1) is 0 Å². The van der Waals surface area contributed by atoms with E-state index in [9.17, 15) is 4.79 Å². The average Bonchev–Trinajstić information content (AvgIpc) is 2.45. The molecule has 100 valence electrons. The highest BCUT2D eigenvalue weighted by atomic mass is 32.2. The van der Waals surface area contributed by atoms with E-state index in [4.69, 9.17) is 4.74 Å². The molecule has 0 saturated carbocycles. The maximum atomic E-state index is 11.9. The number of benzene rings is 1. The van der Waals surface area contributed by atoms with E-state index in [-0.39, 0.29) is 5.56 Å². The molecule has 2 rings (SSSR count). The molecule has 2 aromatic rings. The van der Waals surface area contributed by atoms with Crippen LogP contribution in [0.15, 0.2) is 34.2 Å². The summed E-state index contributed by atoms with van der Waals surface area (Å²) in [5, 5.41) is 8.40. The van der Waals surface area contributed by atoms with Crippen LogP contribution < -0.4 is 10.3 Å². The van der Waals surface area contributed by atoms with E-state index in [1.165, 1.54) is 11.8 Å². The largest absolute Gasteiger partial charge is 0.494 e. The number of nitrogens with one attached hydrogen (secondary N) is 1. The quantitative estimate of drug-likeness (QED) is 0.850. The number of thioether (sulfide) groups is 1. The van der Waals surface area contributed by atoms with Gasteiger partial charge in [0.2, 0.25) is 0 Å². The molecule has 0 fully saturated rings. The van der Waals surface area contributed by atoms with Crippen LogP contribution in [0.3, 0.4) is 0 Å². The van der Waals surface area contributed by atoms with Crippen molar-refractivity contribution in [3.05, 3.63) is 34.6 Å². The van der Waals surface area contributed by atoms with Crippen molar-refractivity contribution in [3.8, 4) is 17.0 Å². The third kappa shape index (κ3) is 3.35. The maximum absolute atomic E-state index is 11.9. The first-order chi connectivity index (χ1) is 9.24. The predicted molar refractivity (Wildman–Crippen MR) is 75.7 cm³/mol. The minimum Gasteiger partial charge on any atom is -0.494 e. The Kier molecular flexibility index (Phi) is 4.57. The molecule has 0 spiro atoms. The van der Waals surface area contributed by atoms with Gasteiger partial charge in [0.1, 0.15) is 5.75 Å². The van der Waals surface area contributed by atoms with Crippen LogP contribution in [-0.2, 0) is 0 Å². The molecular formula is C13H15N3O2S. The first-order valence-electron chi connectivity index (χ1n) is 5.98. The molecular weight excluding hydrogens is 262 g/mol. The predicted octanol–water partition coefficient (Wildman–Crippen LogP) is 2.34. The number of aromatic amines is 1. The van der Waals surface area contributed by atoms with Crippen LogP contribution in [0.25, 0.3) is 11.3 Å². The molecule has 0 aliphatic carbocycles. The fraction of sp³-hybridized carbons (Fsp3) is 0.308. The summed E-state index contributed by atoms with van der Waals surface area (Å²) in [5.74, 6) is 0.788. The van der Waals surface area contributed by atoms with Gasteiger partial charge in [-0.05, 0) is 36.9 Å². The van der Waals surface area contributed by atoms with Gasteiger partial charge in [0.15, 0.2) is 10.9 Å². The van der Waals surface area contributed by atoms with Crippen LogP contribution in [-0.4, -0.2) is 28.0 Å². The second-order valence-corrected chi connectivity index (χ2v) is 4.68. The van der Waals surface area contributed by atoms with E-state index in [0.29, 0.717) is 17.5 Å². The van der Waals surface area contributed by atoms with E-state index in [0.717, 1.165) is 17.7 Å². The molecule has 0 radical (unpaired) electrons. The molecule has 0 aliphatic rings. The average molecular weight is 277 g/mol. The number of ether oxygens (including phenoxy) is 1. The van der Waals surface area contributed by atoms with Gasteiger partial charge in [0.05, 0.1) is 6.61 Å². The van der Waals surface area contributed by atoms with Crippen molar-refractivity contribution in [3.63, 3.8) is 0 Å². The zero-order valence-electron chi connectivity index (χ0n) is 10.8. The van der Waals surface area contributed by atoms with Gasteiger partial charge in [-0.25, -0.2) is 0 Å². The SMILES string of the molecule is CCCOc1ccc(-c2nnc(SC)[nH]c2=O)cc1. The summed E-state index contributed by atoms with van der Waals surface area (Å²) in [6.45, 7) is 2.74. The lowest BCUT2D eigenvalue weighted by Gasteiger charge is -2.05. The Hall–Kier alpha value is -1.82. The van der Waals surface area contributed by atoms with Gasteiger partial charge >= 0.3 is 0 Å². The lowest BCUT2D eigenvalue weighted by Crippen LogP contribution is -2.13. The molecule has 0 amide bonds. The molecule has 6 heteroatoms. The molecule has 5 nitrogen and oxygen atoms in total. The van der Waals surface area contributed by atoms with Crippen LogP contribution in [0.5, 0.6) is 5.75 Å². The highest BCUT2D eigenvalue weighted by Crippen LogP contribution is 2.18. The number of H-pyrrole nitrogens is 1. The molecule has 1 N–H and O–H groups in total. The highest BCUT2D eigenvalue weighted by molar-refractivity contribution is 7.98. The number of hydrogen-bond donors (Lipinski definition) is 1. The zero-order chi connectivity index (χ0) is 13.7. The third-order valence-corrected chi connectivity index (χ3v) is 3.04. The summed E-state index contributed by atoms with van der Waals surface area (Å²) < 4.78 is 5.49. The minimum absolute atomic E-state index is 0.235. The van der Waals surface area contributed by atoms with Crippen LogP contribution >= 0.6 is 11.8 Å². The van der Waals surface area contributed by atoms with Crippen LogP contribution in [0.2, 0.25) is 0 Å².